The highest BCUT2D eigenvalue weighted by atomic mass is 16.5. The summed E-state index contributed by atoms with van der Waals surface area (Å²) in [7, 11) is -0.857. The van der Waals surface area contributed by atoms with Crippen LogP contribution in [0.2, 0.25) is 0 Å². The third-order valence-electron chi connectivity index (χ3n) is 1.85. The quantitative estimate of drug-likeness (QED) is 0.621. The topological polar surface area (TPSA) is 55.5 Å². The molecule has 70 valence electrons. The van der Waals surface area contributed by atoms with Crippen molar-refractivity contribution in [2.45, 2.75) is 6.92 Å². The first-order chi connectivity index (χ1) is 6.25. The van der Waals surface area contributed by atoms with Crippen molar-refractivity contribution in [2.75, 3.05) is 13.2 Å². The number of aryl methyl sites for hydroxylation is 1. The SMILES string of the molecule is Cc1ccccc1B(O)OCCN. The molecule has 0 bridgehead atoms. The molecule has 0 amide bonds. The molecule has 0 fully saturated rings. The Morgan fingerprint density at radius 1 is 1.46 bits per heavy atom. The van der Waals surface area contributed by atoms with Gasteiger partial charge in [0, 0.05) is 13.2 Å². The Morgan fingerprint density at radius 3 is 2.77 bits per heavy atom. The molecule has 0 aliphatic rings. The molecule has 0 saturated heterocycles. The Balaban J connectivity index is 2.65. The van der Waals surface area contributed by atoms with Gasteiger partial charge in [0.2, 0.25) is 0 Å². The van der Waals surface area contributed by atoms with Crippen LogP contribution >= 0.6 is 0 Å². The molecule has 3 nitrogen and oxygen atoms in total. The van der Waals surface area contributed by atoms with Gasteiger partial charge in [0.15, 0.2) is 0 Å². The molecular weight excluding hydrogens is 165 g/mol. The molecule has 0 heterocycles. The minimum absolute atomic E-state index is 0.371. The summed E-state index contributed by atoms with van der Waals surface area (Å²) in [6, 6.07) is 7.58. The summed E-state index contributed by atoms with van der Waals surface area (Å²) in [6.07, 6.45) is 0. The normalized spacial score (nSPS) is 10.1. The summed E-state index contributed by atoms with van der Waals surface area (Å²) >= 11 is 0. The molecule has 0 radical (unpaired) electrons. The lowest BCUT2D eigenvalue weighted by Crippen LogP contribution is -2.36. The average molecular weight is 179 g/mol. The Hall–Kier alpha value is -0.835. The first kappa shape index (κ1) is 10.2. The first-order valence-corrected chi connectivity index (χ1v) is 4.31. The van der Waals surface area contributed by atoms with Crippen LogP contribution in [0.4, 0.5) is 0 Å². The van der Waals surface area contributed by atoms with Gasteiger partial charge in [0.05, 0.1) is 0 Å². The van der Waals surface area contributed by atoms with Crippen LogP contribution in [-0.4, -0.2) is 25.3 Å². The largest absolute Gasteiger partial charge is 0.491 e. The second-order valence-corrected chi connectivity index (χ2v) is 2.87. The van der Waals surface area contributed by atoms with E-state index in [2.05, 4.69) is 0 Å². The van der Waals surface area contributed by atoms with E-state index in [0.29, 0.717) is 13.2 Å². The van der Waals surface area contributed by atoms with Gasteiger partial charge in [0.1, 0.15) is 0 Å². The van der Waals surface area contributed by atoms with Crippen LogP contribution in [0.5, 0.6) is 0 Å². The maximum Gasteiger partial charge on any atom is 0.491 e. The van der Waals surface area contributed by atoms with Gasteiger partial charge in [-0.2, -0.15) is 0 Å². The monoisotopic (exact) mass is 179 g/mol. The van der Waals surface area contributed by atoms with Crippen LogP contribution in [-0.2, 0) is 4.65 Å². The van der Waals surface area contributed by atoms with Crippen LogP contribution in [0, 0.1) is 6.92 Å². The highest BCUT2D eigenvalue weighted by Gasteiger charge is 2.17. The van der Waals surface area contributed by atoms with Crippen molar-refractivity contribution < 1.29 is 9.68 Å². The van der Waals surface area contributed by atoms with E-state index in [1.165, 1.54) is 0 Å². The van der Waals surface area contributed by atoms with Gasteiger partial charge in [-0.3, -0.25) is 0 Å². The fraction of sp³-hybridized carbons (Fsp3) is 0.333. The van der Waals surface area contributed by atoms with Crippen LogP contribution in [0.3, 0.4) is 0 Å². The molecule has 0 aliphatic carbocycles. The van der Waals surface area contributed by atoms with Gasteiger partial charge in [-0.05, 0) is 12.4 Å². The van der Waals surface area contributed by atoms with E-state index in [1.54, 1.807) is 0 Å². The van der Waals surface area contributed by atoms with E-state index >= 15 is 0 Å². The van der Waals surface area contributed by atoms with Crippen molar-refractivity contribution in [3.8, 4) is 0 Å². The highest BCUT2D eigenvalue weighted by Crippen LogP contribution is 1.95. The number of hydrogen-bond acceptors (Lipinski definition) is 3. The van der Waals surface area contributed by atoms with Crippen LogP contribution in [0.25, 0.3) is 0 Å². The summed E-state index contributed by atoms with van der Waals surface area (Å²) in [5.41, 5.74) is 7.08. The summed E-state index contributed by atoms with van der Waals surface area (Å²) in [6.45, 7) is 2.73. The number of nitrogens with two attached hydrogens (primary N) is 1. The standard InChI is InChI=1S/C9H14BNO2/c1-8-4-2-3-5-9(8)10(12)13-7-6-11/h2-5,12H,6-7,11H2,1H3. The molecule has 4 heteroatoms. The zero-order chi connectivity index (χ0) is 9.68. The van der Waals surface area contributed by atoms with Gasteiger partial charge < -0.3 is 15.4 Å². The summed E-state index contributed by atoms with van der Waals surface area (Å²) in [4.78, 5) is 0. The van der Waals surface area contributed by atoms with E-state index in [9.17, 15) is 5.02 Å². The molecular formula is C9H14BNO2. The lowest BCUT2D eigenvalue weighted by molar-refractivity contribution is 0.278. The molecule has 1 aromatic carbocycles. The lowest BCUT2D eigenvalue weighted by atomic mass is 9.77. The van der Waals surface area contributed by atoms with E-state index in [1.807, 2.05) is 31.2 Å². The Morgan fingerprint density at radius 2 is 2.15 bits per heavy atom. The highest BCUT2D eigenvalue weighted by molar-refractivity contribution is 6.60. The maximum absolute atomic E-state index is 9.55. The van der Waals surface area contributed by atoms with Crippen molar-refractivity contribution >= 4 is 12.6 Å². The van der Waals surface area contributed by atoms with E-state index in [4.69, 9.17) is 10.4 Å². The summed E-state index contributed by atoms with van der Waals surface area (Å²) in [5.74, 6) is 0. The van der Waals surface area contributed by atoms with E-state index < -0.39 is 7.12 Å². The predicted octanol–water partition coefficient (Wildman–Crippen LogP) is -0.342. The number of rotatable bonds is 4. The molecule has 13 heavy (non-hydrogen) atoms. The van der Waals surface area contributed by atoms with Gasteiger partial charge >= 0.3 is 7.12 Å². The molecule has 0 unspecified atom stereocenters. The van der Waals surface area contributed by atoms with Crippen molar-refractivity contribution in [2.24, 2.45) is 5.73 Å². The third-order valence-corrected chi connectivity index (χ3v) is 1.85. The number of hydrogen-bond donors (Lipinski definition) is 2. The third kappa shape index (κ3) is 2.84. The van der Waals surface area contributed by atoms with Gasteiger partial charge in [-0.1, -0.05) is 29.8 Å². The lowest BCUT2D eigenvalue weighted by Gasteiger charge is -2.09. The summed E-state index contributed by atoms with van der Waals surface area (Å²) < 4.78 is 5.09. The molecule has 1 aromatic rings. The maximum atomic E-state index is 9.55. The Kier molecular flexibility index (Phi) is 3.95. The summed E-state index contributed by atoms with van der Waals surface area (Å²) in [5, 5.41) is 9.55. The second-order valence-electron chi connectivity index (χ2n) is 2.87. The molecule has 0 spiro atoms. The predicted molar refractivity (Wildman–Crippen MR) is 53.8 cm³/mol. The molecule has 0 saturated carbocycles. The van der Waals surface area contributed by atoms with Crippen molar-refractivity contribution in [3.05, 3.63) is 29.8 Å². The van der Waals surface area contributed by atoms with Crippen LogP contribution < -0.4 is 11.2 Å². The van der Waals surface area contributed by atoms with Gasteiger partial charge in [-0.15, -0.1) is 0 Å². The number of benzene rings is 1. The zero-order valence-electron chi connectivity index (χ0n) is 7.73. The molecule has 3 N–H and O–H groups in total. The van der Waals surface area contributed by atoms with Crippen LogP contribution in [0.1, 0.15) is 5.56 Å². The van der Waals surface area contributed by atoms with E-state index in [0.717, 1.165) is 11.0 Å². The molecule has 1 rings (SSSR count). The zero-order valence-corrected chi connectivity index (χ0v) is 7.73. The van der Waals surface area contributed by atoms with Gasteiger partial charge in [0.25, 0.3) is 0 Å². The van der Waals surface area contributed by atoms with Gasteiger partial charge in [-0.25, -0.2) is 0 Å². The Bertz CT molecular complexity index is 268. The van der Waals surface area contributed by atoms with Crippen LogP contribution in [0.15, 0.2) is 24.3 Å². The fourth-order valence-electron chi connectivity index (χ4n) is 1.13. The van der Waals surface area contributed by atoms with Crippen molar-refractivity contribution in [1.29, 1.82) is 0 Å². The molecule has 0 aromatic heterocycles. The fourth-order valence-corrected chi connectivity index (χ4v) is 1.13. The van der Waals surface area contributed by atoms with E-state index in [-0.39, 0.29) is 0 Å². The van der Waals surface area contributed by atoms with Crippen molar-refractivity contribution in [3.63, 3.8) is 0 Å². The minimum atomic E-state index is -0.857. The average Bonchev–Trinajstić information content (AvgIpc) is 2.15. The van der Waals surface area contributed by atoms with Crippen molar-refractivity contribution in [1.82, 2.24) is 0 Å². The smallest absolute Gasteiger partial charge is 0.423 e. The minimum Gasteiger partial charge on any atom is -0.423 e. The second kappa shape index (κ2) is 5.02. The molecule has 0 atom stereocenters. The molecule has 0 aliphatic heterocycles. The Labute approximate surface area is 78.7 Å². The first-order valence-electron chi connectivity index (χ1n) is 4.31.